The molecule has 1 nitrogen and oxygen atoms in total. The summed E-state index contributed by atoms with van der Waals surface area (Å²) in [6.07, 6.45) is 9.73. The van der Waals surface area contributed by atoms with Crippen molar-refractivity contribution in [3.8, 4) is 0 Å². The van der Waals surface area contributed by atoms with Crippen LogP contribution < -0.4 is 5.73 Å². The van der Waals surface area contributed by atoms with Gasteiger partial charge in [-0.05, 0) is 48.8 Å². The molecule has 2 N–H and O–H groups in total. The lowest BCUT2D eigenvalue weighted by molar-refractivity contribution is 0.636. The predicted molar refractivity (Wildman–Crippen MR) is 74.7 cm³/mol. The van der Waals surface area contributed by atoms with Crippen LogP contribution >= 0.6 is 0 Å². The Balaban J connectivity index is 2.29. The van der Waals surface area contributed by atoms with Gasteiger partial charge in [0.05, 0.1) is 0 Å². The Kier molecular flexibility index (Phi) is 4.38. The normalized spacial score (nSPS) is 17.6. The summed E-state index contributed by atoms with van der Waals surface area (Å²) in [5, 5.41) is 0. The highest BCUT2D eigenvalue weighted by atomic mass is 14.6. The smallest absolute Gasteiger partial charge is 0.0300 e. The van der Waals surface area contributed by atoms with Crippen molar-refractivity contribution in [1.29, 1.82) is 0 Å². The fourth-order valence-electron chi connectivity index (χ4n) is 2.66. The second-order valence-electron chi connectivity index (χ2n) is 4.96. The van der Waals surface area contributed by atoms with Crippen molar-refractivity contribution in [2.75, 3.05) is 0 Å². The van der Waals surface area contributed by atoms with Crippen LogP contribution in [0.1, 0.15) is 62.6 Å². The summed E-state index contributed by atoms with van der Waals surface area (Å²) in [6.45, 7) is 2.20. The van der Waals surface area contributed by atoms with Gasteiger partial charge in [0.15, 0.2) is 0 Å². The van der Waals surface area contributed by atoms with Crippen molar-refractivity contribution < 1.29 is 0 Å². The van der Waals surface area contributed by atoms with Crippen molar-refractivity contribution >= 4 is 5.57 Å². The van der Waals surface area contributed by atoms with E-state index in [0.29, 0.717) is 0 Å². The number of hydrogen-bond acceptors (Lipinski definition) is 1. The van der Waals surface area contributed by atoms with Crippen molar-refractivity contribution in [1.82, 2.24) is 0 Å². The van der Waals surface area contributed by atoms with Crippen LogP contribution in [-0.4, -0.2) is 0 Å². The number of nitrogens with two attached hydrogens (primary N) is 1. The first-order valence-corrected chi connectivity index (χ1v) is 6.87. The molecule has 0 radical (unpaired) electrons. The Hall–Kier alpha value is -1.08. The van der Waals surface area contributed by atoms with Crippen LogP contribution in [0.25, 0.3) is 5.57 Å². The molecule has 1 aliphatic carbocycles. The third-order valence-corrected chi connectivity index (χ3v) is 3.60. The largest absolute Gasteiger partial charge is 0.324 e. The molecule has 0 saturated carbocycles. The zero-order valence-electron chi connectivity index (χ0n) is 10.8. The van der Waals surface area contributed by atoms with Crippen molar-refractivity contribution in [2.45, 2.75) is 51.5 Å². The number of benzene rings is 1. The van der Waals surface area contributed by atoms with E-state index in [2.05, 4.69) is 37.3 Å². The number of hydrogen-bond donors (Lipinski definition) is 1. The van der Waals surface area contributed by atoms with Crippen LogP contribution in [0.15, 0.2) is 30.3 Å². The second-order valence-corrected chi connectivity index (χ2v) is 4.96. The van der Waals surface area contributed by atoms with Gasteiger partial charge in [-0.1, -0.05) is 43.7 Å². The molecule has 92 valence electrons. The highest BCUT2D eigenvalue weighted by Crippen LogP contribution is 2.32. The van der Waals surface area contributed by atoms with Crippen LogP contribution in [0, 0.1) is 0 Å². The summed E-state index contributed by atoms with van der Waals surface area (Å²) in [6, 6.07) is 8.87. The zero-order valence-corrected chi connectivity index (χ0v) is 10.8. The van der Waals surface area contributed by atoms with E-state index in [1.165, 1.54) is 42.4 Å². The molecule has 1 aromatic carbocycles. The van der Waals surface area contributed by atoms with Crippen molar-refractivity contribution in [2.24, 2.45) is 5.73 Å². The molecule has 0 unspecified atom stereocenters. The topological polar surface area (TPSA) is 26.0 Å². The molecule has 0 heterocycles. The van der Waals surface area contributed by atoms with Crippen LogP contribution in [-0.2, 0) is 0 Å². The molecule has 0 amide bonds. The third kappa shape index (κ3) is 2.98. The third-order valence-electron chi connectivity index (χ3n) is 3.60. The lowest BCUT2D eigenvalue weighted by atomic mass is 9.88. The van der Waals surface area contributed by atoms with Crippen molar-refractivity contribution in [3.05, 3.63) is 41.5 Å². The first-order chi connectivity index (χ1) is 8.33. The van der Waals surface area contributed by atoms with Crippen molar-refractivity contribution in [3.63, 3.8) is 0 Å². The molecule has 1 aliphatic rings. The Bertz CT molecular complexity index is 392. The number of allylic oxidation sites excluding steroid dienone is 2. The van der Waals surface area contributed by atoms with E-state index in [9.17, 15) is 0 Å². The van der Waals surface area contributed by atoms with E-state index in [-0.39, 0.29) is 6.04 Å². The van der Waals surface area contributed by atoms with Gasteiger partial charge in [0.2, 0.25) is 0 Å². The molecular formula is C16H23N. The predicted octanol–water partition coefficient (Wildman–Crippen LogP) is 4.44. The maximum atomic E-state index is 6.29. The molecule has 1 atom stereocenters. The van der Waals surface area contributed by atoms with E-state index in [1.807, 2.05) is 0 Å². The van der Waals surface area contributed by atoms with Gasteiger partial charge in [-0.25, -0.2) is 0 Å². The average Bonchev–Trinajstić information content (AvgIpc) is 2.40. The Morgan fingerprint density at radius 2 is 2.06 bits per heavy atom. The van der Waals surface area contributed by atoms with Gasteiger partial charge < -0.3 is 5.73 Å². The quantitative estimate of drug-likeness (QED) is 0.811. The molecule has 1 aromatic rings. The lowest BCUT2D eigenvalue weighted by Crippen LogP contribution is -2.12. The average molecular weight is 229 g/mol. The number of rotatable bonds is 4. The van der Waals surface area contributed by atoms with Crippen LogP contribution in [0.2, 0.25) is 0 Å². The van der Waals surface area contributed by atoms with E-state index in [0.717, 1.165) is 12.8 Å². The zero-order chi connectivity index (χ0) is 12.1. The molecule has 1 heteroatoms. The van der Waals surface area contributed by atoms with Gasteiger partial charge in [0.25, 0.3) is 0 Å². The fraction of sp³-hybridized carbons (Fsp3) is 0.500. The van der Waals surface area contributed by atoms with Gasteiger partial charge in [-0.3, -0.25) is 0 Å². The van der Waals surface area contributed by atoms with Gasteiger partial charge in [-0.2, -0.15) is 0 Å². The summed E-state index contributed by atoms with van der Waals surface area (Å²) in [7, 11) is 0. The van der Waals surface area contributed by atoms with E-state index in [1.54, 1.807) is 0 Å². The molecule has 0 aliphatic heterocycles. The lowest BCUT2D eigenvalue weighted by Gasteiger charge is -2.20. The molecule has 0 fully saturated rings. The maximum absolute atomic E-state index is 6.29. The van der Waals surface area contributed by atoms with Crippen LogP contribution in [0.3, 0.4) is 0 Å². The van der Waals surface area contributed by atoms with E-state index in [4.69, 9.17) is 5.73 Å². The summed E-state index contributed by atoms with van der Waals surface area (Å²) >= 11 is 0. The highest BCUT2D eigenvalue weighted by Gasteiger charge is 2.14. The fourth-order valence-corrected chi connectivity index (χ4v) is 2.66. The highest BCUT2D eigenvalue weighted by molar-refractivity contribution is 5.69. The molecule has 0 saturated heterocycles. The molecule has 0 spiro atoms. The molecule has 2 rings (SSSR count). The summed E-state index contributed by atoms with van der Waals surface area (Å²) in [4.78, 5) is 0. The Labute approximate surface area is 105 Å². The minimum atomic E-state index is 0.194. The first kappa shape index (κ1) is 12.4. The van der Waals surface area contributed by atoms with Gasteiger partial charge in [0, 0.05) is 6.04 Å². The molecular weight excluding hydrogens is 206 g/mol. The molecule has 0 aromatic heterocycles. The summed E-state index contributed by atoms with van der Waals surface area (Å²) in [5.74, 6) is 0. The SMILES string of the molecule is CCC[C@H](N)c1ccccc1C1=CCCCC1. The van der Waals surface area contributed by atoms with Crippen LogP contribution in [0.5, 0.6) is 0 Å². The standard InChI is InChI=1S/C16H23N/c1-2-8-16(17)15-12-7-6-11-14(15)13-9-4-3-5-10-13/h6-7,9,11-12,16H,2-5,8,10,17H2,1H3/t16-/m0/s1. The van der Waals surface area contributed by atoms with Crippen LogP contribution in [0.4, 0.5) is 0 Å². The summed E-state index contributed by atoms with van der Waals surface area (Å²) < 4.78 is 0. The second kappa shape index (κ2) is 6.02. The minimum Gasteiger partial charge on any atom is -0.324 e. The first-order valence-electron chi connectivity index (χ1n) is 6.87. The van der Waals surface area contributed by atoms with E-state index < -0.39 is 0 Å². The van der Waals surface area contributed by atoms with Gasteiger partial charge >= 0.3 is 0 Å². The monoisotopic (exact) mass is 229 g/mol. The van der Waals surface area contributed by atoms with Gasteiger partial charge in [-0.15, -0.1) is 0 Å². The van der Waals surface area contributed by atoms with Gasteiger partial charge in [0.1, 0.15) is 0 Å². The minimum absolute atomic E-state index is 0.194. The Morgan fingerprint density at radius 3 is 2.76 bits per heavy atom. The maximum Gasteiger partial charge on any atom is 0.0300 e. The molecule has 0 bridgehead atoms. The summed E-state index contributed by atoms with van der Waals surface area (Å²) in [5.41, 5.74) is 10.5. The van der Waals surface area contributed by atoms with E-state index >= 15 is 0 Å². The Morgan fingerprint density at radius 1 is 1.24 bits per heavy atom. The molecule has 17 heavy (non-hydrogen) atoms.